The summed E-state index contributed by atoms with van der Waals surface area (Å²) in [7, 11) is 1.83. The van der Waals surface area contributed by atoms with Crippen LogP contribution in [0.3, 0.4) is 0 Å². The molecule has 0 aliphatic heterocycles. The molecule has 16 heavy (non-hydrogen) atoms. The van der Waals surface area contributed by atoms with E-state index in [2.05, 4.69) is 14.9 Å². The van der Waals surface area contributed by atoms with Gasteiger partial charge >= 0.3 is 6.18 Å². The molecule has 0 aromatic carbocycles. The van der Waals surface area contributed by atoms with Gasteiger partial charge in [0, 0.05) is 12.0 Å². The number of rotatable bonds is 4. The second-order valence-corrected chi connectivity index (χ2v) is 2.73. The quantitative estimate of drug-likeness (QED) is 0.338. The average Bonchev–Trinajstić information content (AvgIpc) is 2.21. The maximum atomic E-state index is 12.4. The van der Waals surface area contributed by atoms with Gasteiger partial charge in [-0.2, -0.15) is 13.2 Å². The highest BCUT2D eigenvalue weighted by molar-refractivity contribution is 5.85. The van der Waals surface area contributed by atoms with Crippen molar-refractivity contribution in [2.45, 2.75) is 11.8 Å². The predicted molar refractivity (Wildman–Crippen MR) is 44.8 cm³/mol. The molecule has 0 spiro atoms. The molecule has 92 valence electrons. The number of carbonyl (C=O) groups excluding carboxylic acids is 1. The monoisotopic (exact) mass is 242 g/mol. The van der Waals surface area contributed by atoms with Crippen molar-refractivity contribution in [3.05, 3.63) is 10.4 Å². The van der Waals surface area contributed by atoms with Crippen molar-refractivity contribution in [2.75, 3.05) is 20.7 Å². The van der Waals surface area contributed by atoms with Gasteiger partial charge in [0.2, 0.25) is 5.60 Å². The third-order valence-electron chi connectivity index (χ3n) is 1.75. The van der Waals surface area contributed by atoms with Gasteiger partial charge in [0.15, 0.2) is 0 Å². The van der Waals surface area contributed by atoms with Crippen molar-refractivity contribution >= 4 is 5.91 Å². The Labute approximate surface area is 88.0 Å². The molecule has 1 amide bonds. The first kappa shape index (κ1) is 14.5. The molecule has 0 heterocycles. The van der Waals surface area contributed by atoms with Gasteiger partial charge < -0.3 is 5.11 Å². The van der Waals surface area contributed by atoms with E-state index in [0.29, 0.717) is 0 Å². The minimum absolute atomic E-state index is 0.195. The highest BCUT2D eigenvalue weighted by Gasteiger charge is 2.60. The van der Waals surface area contributed by atoms with Crippen LogP contribution in [0.1, 0.15) is 0 Å². The molecule has 0 saturated heterocycles. The minimum atomic E-state index is -5.27. The number of azide groups is 1. The smallest absolute Gasteiger partial charge is 0.372 e. The molecule has 0 fully saturated rings. The SMILES string of the molecule is CON(C)C(=O)[C@@](O)(CN=[N+]=[N-])C(F)(F)F. The molecule has 0 aliphatic rings. The molecule has 1 atom stereocenters. The highest BCUT2D eigenvalue weighted by atomic mass is 19.4. The number of hydrogen-bond acceptors (Lipinski definition) is 4. The molecule has 7 nitrogen and oxygen atoms in total. The van der Waals surface area contributed by atoms with Crippen LogP contribution in [0.2, 0.25) is 0 Å². The summed E-state index contributed by atoms with van der Waals surface area (Å²) in [6, 6.07) is 0. The molecule has 0 bridgehead atoms. The lowest BCUT2D eigenvalue weighted by atomic mass is 10.0. The first-order valence-corrected chi connectivity index (χ1v) is 3.83. The van der Waals surface area contributed by atoms with Crippen molar-refractivity contribution in [1.29, 1.82) is 0 Å². The predicted octanol–water partition coefficient (Wildman–Crippen LogP) is 0.610. The van der Waals surface area contributed by atoms with Gasteiger partial charge in [0.25, 0.3) is 5.91 Å². The van der Waals surface area contributed by atoms with Gasteiger partial charge in [0.1, 0.15) is 0 Å². The number of amides is 1. The number of hydroxylamine groups is 2. The molecule has 0 unspecified atom stereocenters. The summed E-state index contributed by atoms with van der Waals surface area (Å²) >= 11 is 0. The fraction of sp³-hybridized carbons (Fsp3) is 0.833. The summed E-state index contributed by atoms with van der Waals surface area (Å²) in [5.41, 5.74) is 4.11. The van der Waals surface area contributed by atoms with Crippen molar-refractivity contribution in [2.24, 2.45) is 5.11 Å². The Morgan fingerprint density at radius 1 is 1.62 bits per heavy atom. The molecule has 0 aliphatic carbocycles. The van der Waals surface area contributed by atoms with Crippen molar-refractivity contribution in [3.63, 3.8) is 0 Å². The first-order valence-electron chi connectivity index (χ1n) is 3.83. The van der Waals surface area contributed by atoms with Crippen molar-refractivity contribution < 1.29 is 27.9 Å². The molecule has 0 aromatic rings. The van der Waals surface area contributed by atoms with Crippen LogP contribution in [-0.4, -0.2) is 48.6 Å². The van der Waals surface area contributed by atoms with Crippen LogP contribution >= 0.6 is 0 Å². The summed E-state index contributed by atoms with van der Waals surface area (Å²) in [6.45, 7) is -1.46. The number of nitrogens with zero attached hydrogens (tertiary/aromatic N) is 4. The van der Waals surface area contributed by atoms with Crippen molar-refractivity contribution in [3.8, 4) is 0 Å². The molecule has 0 rings (SSSR count). The Hall–Kier alpha value is -1.51. The van der Waals surface area contributed by atoms with E-state index < -0.39 is 24.2 Å². The lowest BCUT2D eigenvalue weighted by molar-refractivity contribution is -0.265. The zero-order valence-corrected chi connectivity index (χ0v) is 8.39. The molecule has 0 saturated carbocycles. The van der Waals surface area contributed by atoms with Crippen LogP contribution in [0, 0.1) is 0 Å². The molecule has 0 radical (unpaired) electrons. The van der Waals surface area contributed by atoms with E-state index in [1.165, 1.54) is 0 Å². The van der Waals surface area contributed by atoms with E-state index in [1.54, 1.807) is 0 Å². The summed E-state index contributed by atoms with van der Waals surface area (Å²) in [5, 5.41) is 11.9. The normalized spacial score (nSPS) is 14.9. The number of alkyl halides is 3. The van der Waals surface area contributed by atoms with Crippen LogP contribution in [0.4, 0.5) is 13.2 Å². The van der Waals surface area contributed by atoms with Gasteiger partial charge in [-0.15, -0.1) is 0 Å². The summed E-state index contributed by atoms with van der Waals surface area (Å²) in [5.74, 6) is -1.77. The molecule has 1 N–H and O–H groups in total. The first-order chi connectivity index (χ1) is 7.20. The number of aliphatic hydroxyl groups is 1. The van der Waals surface area contributed by atoms with E-state index >= 15 is 0 Å². The second kappa shape index (κ2) is 5.01. The van der Waals surface area contributed by atoms with Gasteiger partial charge in [-0.3, -0.25) is 9.63 Å². The summed E-state index contributed by atoms with van der Waals surface area (Å²) < 4.78 is 37.3. The summed E-state index contributed by atoms with van der Waals surface area (Å²) in [4.78, 5) is 17.5. The standard InChI is InChI=1S/C6H9F3N4O3/c1-13(16-2)4(14)5(15,3-11-12-10)6(7,8)9/h15H,3H2,1-2H3/t5-/m0/s1. The lowest BCUT2D eigenvalue weighted by Gasteiger charge is -2.30. The van der Waals surface area contributed by atoms with Crippen LogP contribution in [0.5, 0.6) is 0 Å². The van der Waals surface area contributed by atoms with Crippen LogP contribution < -0.4 is 0 Å². The molecule has 0 aromatic heterocycles. The largest absolute Gasteiger partial charge is 0.426 e. The number of halogens is 3. The zero-order valence-electron chi connectivity index (χ0n) is 8.39. The molecule has 10 heteroatoms. The third kappa shape index (κ3) is 2.75. The zero-order chi connectivity index (χ0) is 13.0. The van der Waals surface area contributed by atoms with Gasteiger partial charge in [-0.25, -0.2) is 5.06 Å². The van der Waals surface area contributed by atoms with E-state index in [4.69, 9.17) is 5.53 Å². The number of carbonyl (C=O) groups is 1. The maximum Gasteiger partial charge on any atom is 0.426 e. The van der Waals surface area contributed by atoms with Crippen LogP contribution in [-0.2, 0) is 9.63 Å². The maximum absolute atomic E-state index is 12.4. The fourth-order valence-corrected chi connectivity index (χ4v) is 0.756. The van der Waals surface area contributed by atoms with Gasteiger partial charge in [-0.05, 0) is 5.53 Å². The van der Waals surface area contributed by atoms with E-state index in [0.717, 1.165) is 14.2 Å². The minimum Gasteiger partial charge on any atom is -0.372 e. The fourth-order valence-electron chi connectivity index (χ4n) is 0.756. The Kier molecular flexibility index (Phi) is 4.54. The average molecular weight is 242 g/mol. The Morgan fingerprint density at radius 3 is 2.44 bits per heavy atom. The highest BCUT2D eigenvalue weighted by Crippen LogP contribution is 2.32. The molecular formula is C6H9F3N4O3. The lowest BCUT2D eigenvalue weighted by Crippen LogP contribution is -2.59. The number of hydrogen-bond donors (Lipinski definition) is 1. The van der Waals surface area contributed by atoms with Gasteiger partial charge in [0.05, 0.1) is 13.7 Å². The summed E-state index contributed by atoms with van der Waals surface area (Å²) in [6.07, 6.45) is -5.27. The Balaban J connectivity index is 5.23. The third-order valence-corrected chi connectivity index (χ3v) is 1.75. The van der Waals surface area contributed by atoms with Gasteiger partial charge in [-0.1, -0.05) is 5.11 Å². The topological polar surface area (TPSA) is 98.5 Å². The second-order valence-electron chi connectivity index (χ2n) is 2.73. The Bertz CT molecular complexity index is 315. The van der Waals surface area contributed by atoms with E-state index in [1.807, 2.05) is 0 Å². The van der Waals surface area contributed by atoms with Crippen LogP contribution in [0.15, 0.2) is 5.11 Å². The number of likely N-dealkylation sites (N-methyl/N-ethyl adjacent to an activating group) is 1. The van der Waals surface area contributed by atoms with E-state index in [9.17, 15) is 23.1 Å². The molecular weight excluding hydrogens is 233 g/mol. The van der Waals surface area contributed by atoms with Crippen LogP contribution in [0.25, 0.3) is 10.4 Å². The van der Waals surface area contributed by atoms with E-state index in [-0.39, 0.29) is 5.06 Å². The van der Waals surface area contributed by atoms with Crippen molar-refractivity contribution in [1.82, 2.24) is 5.06 Å². The Morgan fingerprint density at radius 2 is 2.12 bits per heavy atom.